The van der Waals surface area contributed by atoms with Gasteiger partial charge in [0, 0.05) is 0 Å². The van der Waals surface area contributed by atoms with Crippen LogP contribution in [0.4, 0.5) is 0 Å². The summed E-state index contributed by atoms with van der Waals surface area (Å²) in [6, 6.07) is 0. The molecule has 3 heterocycles. The van der Waals surface area contributed by atoms with Gasteiger partial charge in [-0.1, -0.05) is 0 Å². The molecule has 18 heavy (non-hydrogen) atoms. The molecule has 6 heteroatoms. The second-order valence-electron chi connectivity index (χ2n) is 5.27. The summed E-state index contributed by atoms with van der Waals surface area (Å²) in [6.45, 7) is 0. The van der Waals surface area contributed by atoms with E-state index in [0.717, 1.165) is 20.1 Å². The first-order chi connectivity index (χ1) is 8.72. The summed E-state index contributed by atoms with van der Waals surface area (Å²) < 4.78 is 5.80. The molecule has 3 rings (SSSR count). The van der Waals surface area contributed by atoms with E-state index in [2.05, 4.69) is 55.5 Å². The van der Waals surface area contributed by atoms with Crippen molar-refractivity contribution in [2.75, 3.05) is 11.5 Å². The first-order valence-electron chi connectivity index (χ1n) is 6.55. The van der Waals surface area contributed by atoms with Crippen LogP contribution in [0.15, 0.2) is 0 Å². The molecule has 0 aliphatic carbocycles. The number of thioether (sulfide) groups is 2. The average Bonchev–Trinajstić information content (AvgIpc) is 3.25. The van der Waals surface area contributed by atoms with Crippen LogP contribution >= 0.6 is 23.5 Å². The number of hydrogen-bond acceptors (Lipinski definition) is 2. The van der Waals surface area contributed by atoms with Crippen molar-refractivity contribution in [1.82, 2.24) is 0 Å². The number of hydrogen-bond donors (Lipinski definition) is 0. The fourth-order valence-corrected chi connectivity index (χ4v) is 22.7. The predicted molar refractivity (Wildman–Crippen MR) is 92.1 cm³/mol. The Morgan fingerprint density at radius 1 is 0.944 bits per heavy atom. The molecule has 3 fully saturated rings. The topological polar surface area (TPSA) is 0 Å². The van der Waals surface area contributed by atoms with Gasteiger partial charge >= 0.3 is 159 Å². The van der Waals surface area contributed by atoms with E-state index in [1.54, 1.807) is 8.94 Å². The maximum atomic E-state index is 3.07. The van der Waals surface area contributed by atoms with Gasteiger partial charge in [-0.05, 0) is 0 Å². The van der Waals surface area contributed by atoms with Crippen molar-refractivity contribution in [1.29, 1.82) is 0 Å². The van der Waals surface area contributed by atoms with Gasteiger partial charge < -0.3 is 0 Å². The van der Waals surface area contributed by atoms with Gasteiger partial charge in [-0.15, -0.1) is 0 Å². The summed E-state index contributed by atoms with van der Waals surface area (Å²) in [7, 11) is 0. The normalized spacial score (nSPS) is 42.3. The summed E-state index contributed by atoms with van der Waals surface area (Å²) >= 11 is 11.2. The molecule has 0 aromatic carbocycles. The van der Waals surface area contributed by atoms with Crippen LogP contribution in [0, 0.1) is 0 Å². The van der Waals surface area contributed by atoms with E-state index >= 15 is 0 Å². The van der Waals surface area contributed by atoms with Gasteiger partial charge in [0.2, 0.25) is 0 Å². The molecule has 0 spiro atoms. The van der Waals surface area contributed by atoms with Crippen LogP contribution in [0.25, 0.3) is 0 Å². The third kappa shape index (κ3) is 5.20. The van der Waals surface area contributed by atoms with E-state index in [1.165, 1.54) is 32.3 Å². The molecule has 0 amide bonds. The molecule has 0 aromatic rings. The molecule has 0 N–H and O–H groups in total. The summed E-state index contributed by atoms with van der Waals surface area (Å²) in [5.74, 6) is 2.93. The van der Waals surface area contributed by atoms with Gasteiger partial charge in [0.1, 0.15) is 0 Å². The van der Waals surface area contributed by atoms with Crippen molar-refractivity contribution in [2.45, 2.75) is 49.8 Å². The molecule has 6 unspecified atom stereocenters. The zero-order chi connectivity index (χ0) is 12.5. The van der Waals surface area contributed by atoms with Crippen LogP contribution < -0.4 is 0 Å². The molecule has 0 nitrogen and oxygen atoms in total. The van der Waals surface area contributed by atoms with Crippen molar-refractivity contribution in [2.24, 2.45) is 0 Å². The van der Waals surface area contributed by atoms with Gasteiger partial charge in [-0.25, -0.2) is 0 Å². The summed E-state index contributed by atoms with van der Waals surface area (Å²) in [5.41, 5.74) is 0. The molecule has 3 saturated heterocycles. The Bertz CT molecular complexity index is 261. The molecule has 104 valence electrons. The van der Waals surface area contributed by atoms with Crippen LogP contribution in [0.2, 0.25) is 26.5 Å². The van der Waals surface area contributed by atoms with Crippen molar-refractivity contribution in [3.8, 4) is 0 Å². The Morgan fingerprint density at radius 3 is 1.78 bits per heavy atom. The van der Waals surface area contributed by atoms with Gasteiger partial charge in [0.05, 0.1) is 0 Å². The zero-order valence-electron chi connectivity index (χ0n) is 10.2. The standard InChI is InChI=1S/C12H20S2Se2Te2/c15-9(1-7-3-13-7)11-5-17-6-12(18-11)10(16)2-8-4-14-8/h7-12,15-16H,1-6H2. The minimum absolute atomic E-state index is 0.281. The van der Waals surface area contributed by atoms with Crippen molar-refractivity contribution in [3.05, 3.63) is 0 Å². The molecular weight excluding hydrogens is 621 g/mol. The molecule has 0 aromatic heterocycles. The fraction of sp³-hybridized carbons (Fsp3) is 1.00. The quantitative estimate of drug-likeness (QED) is 0.323. The predicted octanol–water partition coefficient (Wildman–Crippen LogP) is 2.21. The Labute approximate surface area is 156 Å². The second-order valence-corrected chi connectivity index (χ2v) is 18.0. The molecule has 3 aliphatic heterocycles. The van der Waals surface area contributed by atoms with E-state index in [4.69, 9.17) is 0 Å². The SMILES string of the molecule is [SeH]C(CC1CS1)C1C[Te]CC(C([SeH])CC2CS2)[Te]1. The molecule has 0 radical (unpaired) electrons. The van der Waals surface area contributed by atoms with E-state index in [0.29, 0.717) is 20.9 Å². The maximum absolute atomic E-state index is 3.07. The molecule has 6 atom stereocenters. The Hall–Kier alpha value is 3.32. The third-order valence-corrected chi connectivity index (χ3v) is 23.0. The van der Waals surface area contributed by atoms with Crippen LogP contribution in [0.5, 0.6) is 0 Å². The van der Waals surface area contributed by atoms with Gasteiger partial charge in [0.25, 0.3) is 0 Å². The Morgan fingerprint density at radius 2 is 1.39 bits per heavy atom. The number of rotatable bonds is 6. The van der Waals surface area contributed by atoms with Crippen LogP contribution in [-0.2, 0) is 0 Å². The zero-order valence-corrected chi connectivity index (χ0v) is 20.3. The van der Waals surface area contributed by atoms with Crippen molar-refractivity contribution >= 4 is 97.4 Å². The molecule has 0 bridgehead atoms. The third-order valence-electron chi connectivity index (χ3n) is 3.59. The van der Waals surface area contributed by atoms with Crippen LogP contribution in [-0.4, -0.2) is 95.9 Å². The van der Waals surface area contributed by atoms with E-state index in [1.807, 2.05) is 0 Å². The second kappa shape index (κ2) is 7.73. The molecule has 0 saturated carbocycles. The van der Waals surface area contributed by atoms with E-state index in [9.17, 15) is 0 Å². The average molecular weight is 642 g/mol. The molecule has 3 aliphatic rings. The summed E-state index contributed by atoms with van der Waals surface area (Å²) in [5, 5.41) is 2.12. The summed E-state index contributed by atoms with van der Waals surface area (Å²) in [4.78, 5) is 2.03. The van der Waals surface area contributed by atoms with Crippen molar-refractivity contribution in [3.63, 3.8) is 0 Å². The van der Waals surface area contributed by atoms with Crippen LogP contribution in [0.1, 0.15) is 12.8 Å². The van der Waals surface area contributed by atoms with Gasteiger partial charge in [0.15, 0.2) is 0 Å². The van der Waals surface area contributed by atoms with Gasteiger partial charge in [-0.2, -0.15) is 0 Å². The van der Waals surface area contributed by atoms with E-state index in [-0.39, 0.29) is 20.9 Å². The minimum atomic E-state index is 0.281. The summed E-state index contributed by atoms with van der Waals surface area (Å²) in [6.07, 6.45) is 3.06. The first-order valence-corrected chi connectivity index (χ1v) is 16.8. The Kier molecular flexibility index (Phi) is 6.95. The monoisotopic (exact) mass is 648 g/mol. The Balaban J connectivity index is 1.46. The van der Waals surface area contributed by atoms with Crippen LogP contribution in [0.3, 0.4) is 0 Å². The first kappa shape index (κ1) is 16.2. The van der Waals surface area contributed by atoms with Crippen molar-refractivity contribution < 1.29 is 0 Å². The fourth-order valence-electron chi connectivity index (χ4n) is 2.26. The van der Waals surface area contributed by atoms with E-state index < -0.39 is 0 Å². The van der Waals surface area contributed by atoms with Gasteiger partial charge in [-0.3, -0.25) is 0 Å². The molecular formula is C12H20S2Se2Te2.